The molecule has 0 aliphatic carbocycles. The van der Waals surface area contributed by atoms with E-state index < -0.39 is 22.0 Å². The largest absolute Gasteiger partial charge is 0.478 e. The molecule has 1 heterocycles. The maximum absolute atomic E-state index is 13.0. The van der Waals surface area contributed by atoms with E-state index >= 15 is 0 Å². The third kappa shape index (κ3) is 10.6. The van der Waals surface area contributed by atoms with Crippen molar-refractivity contribution in [1.29, 1.82) is 0 Å². The van der Waals surface area contributed by atoms with Gasteiger partial charge in [-0.15, -0.1) is 4.83 Å². The Morgan fingerprint density at radius 1 is 1.06 bits per heavy atom. The maximum atomic E-state index is 13.0. The first kappa shape index (κ1) is 29.1. The molecular weight excluding hydrogens is 489 g/mol. The number of aliphatic carboxylic acids is 2. The molecule has 11 heteroatoms. The van der Waals surface area contributed by atoms with Gasteiger partial charge in [-0.1, -0.05) is 37.6 Å². The van der Waals surface area contributed by atoms with Gasteiger partial charge in [0.15, 0.2) is 0 Å². The van der Waals surface area contributed by atoms with Gasteiger partial charge in [0.2, 0.25) is 0 Å². The Balaban J connectivity index is 0.000000493. The number of benzene rings is 2. The number of sulfonamides is 1. The van der Waals surface area contributed by atoms with Crippen molar-refractivity contribution >= 4 is 22.0 Å². The van der Waals surface area contributed by atoms with Crippen LogP contribution in [0.4, 0.5) is 4.39 Å². The van der Waals surface area contributed by atoms with E-state index in [4.69, 9.17) is 10.2 Å². The molecule has 196 valence electrons. The molecule has 36 heavy (non-hydrogen) atoms. The van der Waals surface area contributed by atoms with E-state index in [1.165, 1.54) is 12.1 Å². The molecule has 0 radical (unpaired) electrons. The second-order valence-corrected chi connectivity index (χ2v) is 10.0. The van der Waals surface area contributed by atoms with Gasteiger partial charge in [0.25, 0.3) is 10.0 Å². The van der Waals surface area contributed by atoms with Crippen LogP contribution in [0, 0.1) is 11.7 Å². The van der Waals surface area contributed by atoms with Gasteiger partial charge < -0.3 is 15.5 Å². The Hall–Kier alpha value is -3.12. The molecule has 2 aromatic rings. The average molecular weight is 522 g/mol. The molecule has 2 aromatic carbocycles. The van der Waals surface area contributed by atoms with Gasteiger partial charge in [-0.05, 0) is 54.2 Å². The fraction of sp³-hybridized carbons (Fsp3) is 0.360. The molecule has 9 nitrogen and oxygen atoms in total. The number of hydrazine groups is 1. The quantitative estimate of drug-likeness (QED) is 0.350. The van der Waals surface area contributed by atoms with Crippen LogP contribution in [-0.2, 0) is 32.7 Å². The first-order valence-corrected chi connectivity index (χ1v) is 13.0. The lowest BCUT2D eigenvalue weighted by Gasteiger charge is -2.32. The molecule has 0 spiro atoms. The monoisotopic (exact) mass is 521 g/mol. The number of halogens is 1. The highest BCUT2D eigenvalue weighted by molar-refractivity contribution is 7.89. The van der Waals surface area contributed by atoms with E-state index in [0.717, 1.165) is 43.5 Å². The van der Waals surface area contributed by atoms with Gasteiger partial charge in [-0.25, -0.2) is 27.4 Å². The smallest absolute Gasteiger partial charge is 0.328 e. The van der Waals surface area contributed by atoms with E-state index in [9.17, 15) is 22.4 Å². The topological polar surface area (TPSA) is 136 Å². The number of hydrogen-bond donors (Lipinski definition) is 4. The lowest BCUT2D eigenvalue weighted by atomic mass is 9.97. The lowest BCUT2D eigenvalue weighted by Crippen LogP contribution is -2.47. The SMILES string of the molecule is CCC1CCCN(NS(=O)(=O)c2cccc(CNCc3ccc(F)cc3)c2)C1.O=C(O)C=CC(=O)O. The van der Waals surface area contributed by atoms with Crippen molar-refractivity contribution in [2.24, 2.45) is 5.92 Å². The van der Waals surface area contributed by atoms with E-state index in [1.807, 2.05) is 11.1 Å². The fourth-order valence-electron chi connectivity index (χ4n) is 3.62. The average Bonchev–Trinajstić information content (AvgIpc) is 2.84. The minimum Gasteiger partial charge on any atom is -0.478 e. The number of carboxylic acids is 2. The molecule has 3 rings (SSSR count). The number of hydrogen-bond acceptors (Lipinski definition) is 6. The van der Waals surface area contributed by atoms with Gasteiger partial charge in [-0.2, -0.15) is 0 Å². The molecule has 1 atom stereocenters. The second kappa shape index (κ2) is 14.4. The third-order valence-electron chi connectivity index (χ3n) is 5.49. The van der Waals surface area contributed by atoms with Crippen LogP contribution in [0.5, 0.6) is 0 Å². The van der Waals surface area contributed by atoms with Crippen LogP contribution >= 0.6 is 0 Å². The summed E-state index contributed by atoms with van der Waals surface area (Å²) < 4.78 is 38.5. The van der Waals surface area contributed by atoms with Gasteiger partial charge >= 0.3 is 11.9 Å². The van der Waals surface area contributed by atoms with Crippen LogP contribution in [-0.4, -0.2) is 48.7 Å². The van der Waals surface area contributed by atoms with Crippen molar-refractivity contribution in [2.75, 3.05) is 13.1 Å². The van der Waals surface area contributed by atoms with Crippen molar-refractivity contribution in [1.82, 2.24) is 15.2 Å². The van der Waals surface area contributed by atoms with Gasteiger partial charge in [-0.3, -0.25) is 0 Å². The lowest BCUT2D eigenvalue weighted by molar-refractivity contribution is -0.134. The van der Waals surface area contributed by atoms with Gasteiger partial charge in [0.1, 0.15) is 5.82 Å². The standard InChI is InChI=1S/C21H28FN3O2S.C4H4O4/c1-2-17-6-4-12-25(16-17)24-28(26,27)21-7-3-5-19(13-21)15-23-14-18-8-10-20(22)11-9-18;5-3(6)1-2-4(7)8/h3,5,7-11,13,17,23-24H,2,4,6,12,14-16H2,1H3;1-2H,(H,5,6)(H,7,8). The molecule has 0 saturated carbocycles. The highest BCUT2D eigenvalue weighted by atomic mass is 32.2. The van der Waals surface area contributed by atoms with E-state index in [1.54, 1.807) is 30.3 Å². The first-order valence-electron chi connectivity index (χ1n) is 11.5. The van der Waals surface area contributed by atoms with Crippen molar-refractivity contribution in [3.63, 3.8) is 0 Å². The minimum atomic E-state index is -3.59. The summed E-state index contributed by atoms with van der Waals surface area (Å²) in [5.41, 5.74) is 1.86. The Bertz CT molecular complexity index is 1120. The van der Waals surface area contributed by atoms with Crippen molar-refractivity contribution < 1.29 is 32.6 Å². The number of carboxylic acid groups (broad SMARTS) is 2. The molecule has 1 saturated heterocycles. The fourth-order valence-corrected chi connectivity index (χ4v) is 4.80. The second-order valence-electron chi connectivity index (χ2n) is 8.34. The highest BCUT2D eigenvalue weighted by Crippen LogP contribution is 2.19. The normalized spacial score (nSPS) is 16.3. The van der Waals surface area contributed by atoms with Crippen LogP contribution in [0.15, 0.2) is 65.6 Å². The summed E-state index contributed by atoms with van der Waals surface area (Å²) in [5, 5.41) is 20.7. The molecule has 0 bridgehead atoms. The van der Waals surface area contributed by atoms with Crippen molar-refractivity contribution in [2.45, 2.75) is 44.2 Å². The Kier molecular flexibility index (Phi) is 11.7. The third-order valence-corrected chi connectivity index (χ3v) is 6.87. The van der Waals surface area contributed by atoms with Gasteiger partial charge in [0.05, 0.1) is 4.90 Å². The number of rotatable bonds is 10. The molecular formula is C25H32FN3O6S. The van der Waals surface area contributed by atoms with Crippen molar-refractivity contribution in [3.05, 3.63) is 77.6 Å². The molecule has 0 amide bonds. The van der Waals surface area contributed by atoms with Crippen molar-refractivity contribution in [3.8, 4) is 0 Å². The van der Waals surface area contributed by atoms with Crippen LogP contribution < -0.4 is 10.1 Å². The number of carbonyl (C=O) groups is 2. The summed E-state index contributed by atoms with van der Waals surface area (Å²) in [6, 6.07) is 13.3. The minimum absolute atomic E-state index is 0.256. The molecule has 1 aliphatic rings. The summed E-state index contributed by atoms with van der Waals surface area (Å²) in [4.78, 5) is 22.1. The molecule has 0 aromatic heterocycles. The Labute approximate surface area is 210 Å². The van der Waals surface area contributed by atoms with E-state index in [2.05, 4.69) is 17.1 Å². The predicted molar refractivity (Wildman–Crippen MR) is 133 cm³/mol. The predicted octanol–water partition coefficient (Wildman–Crippen LogP) is 3.14. The van der Waals surface area contributed by atoms with Crippen LogP contribution in [0.2, 0.25) is 0 Å². The van der Waals surface area contributed by atoms with E-state index in [0.29, 0.717) is 31.2 Å². The highest BCUT2D eigenvalue weighted by Gasteiger charge is 2.23. The Morgan fingerprint density at radius 3 is 2.31 bits per heavy atom. The van der Waals surface area contributed by atoms with Crippen LogP contribution in [0.1, 0.15) is 37.3 Å². The van der Waals surface area contributed by atoms with E-state index in [-0.39, 0.29) is 10.7 Å². The van der Waals surface area contributed by atoms with Gasteiger partial charge in [0, 0.05) is 38.3 Å². The zero-order valence-electron chi connectivity index (χ0n) is 20.1. The summed E-state index contributed by atoms with van der Waals surface area (Å²) in [6.45, 7) is 4.76. The number of nitrogens with one attached hydrogen (secondary N) is 2. The summed E-state index contributed by atoms with van der Waals surface area (Å²) >= 11 is 0. The molecule has 4 N–H and O–H groups in total. The zero-order chi connectivity index (χ0) is 26.6. The number of nitrogens with zero attached hydrogens (tertiary/aromatic N) is 1. The molecule has 1 unspecified atom stereocenters. The summed E-state index contributed by atoms with van der Waals surface area (Å²) in [6.07, 6.45) is 4.34. The first-order chi connectivity index (χ1) is 17.1. The summed E-state index contributed by atoms with van der Waals surface area (Å²) in [7, 11) is -3.59. The zero-order valence-corrected chi connectivity index (χ0v) is 20.9. The summed E-state index contributed by atoms with van der Waals surface area (Å²) in [5.74, 6) is -2.23. The number of piperidine rings is 1. The van der Waals surface area contributed by atoms with Crippen LogP contribution in [0.25, 0.3) is 0 Å². The molecule has 1 fully saturated rings. The maximum Gasteiger partial charge on any atom is 0.328 e. The molecule has 1 aliphatic heterocycles. The van der Waals surface area contributed by atoms with Crippen LogP contribution in [0.3, 0.4) is 0 Å². The Morgan fingerprint density at radius 2 is 1.69 bits per heavy atom.